The fraction of sp³-hybridized carbons (Fsp3) is 0.684. The van der Waals surface area contributed by atoms with Gasteiger partial charge < -0.3 is 20.6 Å². The number of nitrogens with zero attached hydrogens (tertiary/aromatic N) is 3. The third-order valence-electron chi connectivity index (χ3n) is 3.93. The molecule has 0 saturated heterocycles. The van der Waals surface area contributed by atoms with Crippen LogP contribution in [0, 0.1) is 11.8 Å². The first-order valence-electron chi connectivity index (χ1n) is 9.21. The number of hydrogen-bond donors (Lipinski definition) is 3. The molecule has 0 aromatic carbocycles. The van der Waals surface area contributed by atoms with Crippen LogP contribution in [0.3, 0.4) is 0 Å². The second-order valence-electron chi connectivity index (χ2n) is 7.00. The highest BCUT2D eigenvalue weighted by atomic mass is 16.3. The van der Waals surface area contributed by atoms with E-state index in [1.807, 2.05) is 31.3 Å². The average Bonchev–Trinajstić information content (AvgIpc) is 2.57. The lowest BCUT2D eigenvalue weighted by molar-refractivity contribution is 0.243. The summed E-state index contributed by atoms with van der Waals surface area (Å²) < 4.78 is 0. The molecule has 6 nitrogen and oxygen atoms in total. The molecule has 1 rings (SSSR count). The Labute approximate surface area is 152 Å². The number of hydrogen-bond acceptors (Lipinski definition) is 4. The third-order valence-corrected chi connectivity index (χ3v) is 3.93. The van der Waals surface area contributed by atoms with E-state index in [0.29, 0.717) is 18.4 Å². The van der Waals surface area contributed by atoms with Crippen molar-refractivity contribution in [3.8, 4) is 0 Å². The van der Waals surface area contributed by atoms with Crippen molar-refractivity contribution in [3.05, 3.63) is 23.9 Å². The zero-order valence-electron chi connectivity index (χ0n) is 16.4. The molecule has 1 aromatic rings. The van der Waals surface area contributed by atoms with Crippen molar-refractivity contribution in [2.75, 3.05) is 38.7 Å². The molecule has 0 aliphatic heterocycles. The Morgan fingerprint density at radius 2 is 2.08 bits per heavy atom. The number of guanidine groups is 1. The van der Waals surface area contributed by atoms with Crippen LogP contribution in [0.1, 0.15) is 39.2 Å². The lowest BCUT2D eigenvalue weighted by Crippen LogP contribution is -2.40. The lowest BCUT2D eigenvalue weighted by Gasteiger charge is -2.20. The monoisotopic (exact) mass is 349 g/mol. The fourth-order valence-corrected chi connectivity index (χ4v) is 2.71. The van der Waals surface area contributed by atoms with Gasteiger partial charge in [0.1, 0.15) is 5.82 Å². The predicted molar refractivity (Wildman–Crippen MR) is 106 cm³/mol. The van der Waals surface area contributed by atoms with E-state index in [2.05, 4.69) is 47.4 Å². The third kappa shape index (κ3) is 8.72. The molecule has 0 aliphatic rings. The number of nitrogens with one attached hydrogen (secondary N) is 2. The van der Waals surface area contributed by atoms with Crippen LogP contribution in [0.2, 0.25) is 0 Å². The largest absolute Gasteiger partial charge is 0.396 e. The van der Waals surface area contributed by atoms with Gasteiger partial charge in [-0.3, -0.25) is 0 Å². The fourth-order valence-electron chi connectivity index (χ4n) is 2.71. The summed E-state index contributed by atoms with van der Waals surface area (Å²) in [4.78, 5) is 11.0. The summed E-state index contributed by atoms with van der Waals surface area (Å²) >= 11 is 0. The molecule has 0 spiro atoms. The van der Waals surface area contributed by atoms with Crippen LogP contribution >= 0.6 is 0 Å². The first kappa shape index (κ1) is 21.2. The first-order chi connectivity index (χ1) is 12.0. The molecule has 25 heavy (non-hydrogen) atoms. The minimum absolute atomic E-state index is 0.233. The summed E-state index contributed by atoms with van der Waals surface area (Å²) in [6.07, 6.45) is 3.74. The molecule has 1 atom stereocenters. The highest BCUT2D eigenvalue weighted by Gasteiger charge is 2.11. The molecular formula is C19H35N5O. The number of pyridine rings is 1. The summed E-state index contributed by atoms with van der Waals surface area (Å²) in [5, 5.41) is 16.0. The normalized spacial score (nSPS) is 13.0. The molecule has 3 N–H and O–H groups in total. The summed E-state index contributed by atoms with van der Waals surface area (Å²) in [5.74, 6) is 2.83. The van der Waals surface area contributed by atoms with Crippen molar-refractivity contribution in [1.82, 2.24) is 15.6 Å². The van der Waals surface area contributed by atoms with Crippen molar-refractivity contribution in [1.29, 1.82) is 0 Å². The standard InChI is InChI=1S/C19H35N5O/c1-6-20-19(23-14-17(8-10-25)11-15(2)3)22-13-16-7-9-21-18(12-16)24(4)5/h7,9,12,15,17,25H,6,8,10-11,13-14H2,1-5H3,(H2,20,22,23). The van der Waals surface area contributed by atoms with Crippen molar-refractivity contribution in [2.45, 2.75) is 40.2 Å². The molecule has 0 saturated carbocycles. The van der Waals surface area contributed by atoms with Crippen LogP contribution in [0.4, 0.5) is 5.82 Å². The van der Waals surface area contributed by atoms with E-state index in [9.17, 15) is 5.11 Å². The van der Waals surface area contributed by atoms with Crippen LogP contribution in [0.5, 0.6) is 0 Å². The van der Waals surface area contributed by atoms with E-state index < -0.39 is 0 Å². The Bertz CT molecular complexity index is 516. The molecule has 142 valence electrons. The maximum atomic E-state index is 9.26. The molecule has 1 unspecified atom stereocenters. The van der Waals surface area contributed by atoms with Gasteiger partial charge in [-0.15, -0.1) is 0 Å². The van der Waals surface area contributed by atoms with Crippen molar-refractivity contribution in [2.24, 2.45) is 16.8 Å². The van der Waals surface area contributed by atoms with Gasteiger partial charge >= 0.3 is 0 Å². The lowest BCUT2D eigenvalue weighted by atomic mass is 9.94. The van der Waals surface area contributed by atoms with Crippen LogP contribution in [0.25, 0.3) is 0 Å². The minimum Gasteiger partial charge on any atom is -0.396 e. The maximum absolute atomic E-state index is 9.26. The van der Waals surface area contributed by atoms with Gasteiger partial charge in [-0.1, -0.05) is 13.8 Å². The molecule has 0 bridgehead atoms. The Morgan fingerprint density at radius 1 is 1.32 bits per heavy atom. The van der Waals surface area contributed by atoms with Crippen molar-refractivity contribution < 1.29 is 5.11 Å². The molecular weight excluding hydrogens is 314 g/mol. The van der Waals surface area contributed by atoms with Crippen molar-refractivity contribution in [3.63, 3.8) is 0 Å². The van der Waals surface area contributed by atoms with Gasteiger partial charge in [-0.05, 0) is 49.3 Å². The smallest absolute Gasteiger partial charge is 0.191 e. The molecule has 0 aliphatic carbocycles. The van der Waals surface area contributed by atoms with Crippen LogP contribution < -0.4 is 15.5 Å². The number of rotatable bonds is 10. The average molecular weight is 350 g/mol. The number of aromatic nitrogens is 1. The summed E-state index contributed by atoms with van der Waals surface area (Å²) in [7, 11) is 3.97. The van der Waals surface area contributed by atoms with Crippen LogP contribution in [-0.2, 0) is 6.54 Å². The minimum atomic E-state index is 0.233. The Morgan fingerprint density at radius 3 is 2.68 bits per heavy atom. The molecule has 1 heterocycles. The van der Waals surface area contributed by atoms with E-state index in [4.69, 9.17) is 0 Å². The van der Waals surface area contributed by atoms with Gasteiger partial charge in [-0.2, -0.15) is 0 Å². The van der Waals surface area contributed by atoms with Crippen LogP contribution in [0.15, 0.2) is 23.3 Å². The zero-order valence-corrected chi connectivity index (χ0v) is 16.4. The van der Waals surface area contributed by atoms with Gasteiger partial charge in [0.15, 0.2) is 5.96 Å². The van der Waals surface area contributed by atoms with Crippen LogP contribution in [-0.4, -0.2) is 49.8 Å². The van der Waals surface area contributed by atoms with E-state index in [1.165, 1.54) is 0 Å². The van der Waals surface area contributed by atoms with E-state index in [-0.39, 0.29) is 6.61 Å². The molecule has 6 heteroatoms. The molecule has 1 aromatic heterocycles. The first-order valence-corrected chi connectivity index (χ1v) is 9.21. The van der Waals surface area contributed by atoms with Gasteiger partial charge in [0.05, 0.1) is 6.54 Å². The highest BCUT2D eigenvalue weighted by molar-refractivity contribution is 5.79. The summed E-state index contributed by atoms with van der Waals surface area (Å²) in [6, 6.07) is 4.05. The van der Waals surface area contributed by atoms with Gasteiger partial charge in [-0.25, -0.2) is 9.98 Å². The Hall–Kier alpha value is -1.82. The van der Waals surface area contributed by atoms with Gasteiger partial charge in [0.2, 0.25) is 0 Å². The second-order valence-corrected chi connectivity index (χ2v) is 7.00. The number of aliphatic hydroxyl groups excluding tert-OH is 1. The van der Waals surface area contributed by atoms with Crippen molar-refractivity contribution >= 4 is 11.8 Å². The summed E-state index contributed by atoms with van der Waals surface area (Å²) in [5.41, 5.74) is 1.13. The Balaban J connectivity index is 2.68. The van der Waals surface area contributed by atoms with E-state index in [1.54, 1.807) is 0 Å². The van der Waals surface area contributed by atoms with E-state index >= 15 is 0 Å². The predicted octanol–water partition coefficient (Wildman–Crippen LogP) is 2.25. The Kier molecular flexibility index (Phi) is 9.92. The number of aliphatic imine (C=N–C) groups is 1. The quantitative estimate of drug-likeness (QED) is 0.446. The number of aliphatic hydroxyl groups is 1. The summed E-state index contributed by atoms with van der Waals surface area (Å²) in [6.45, 7) is 8.98. The van der Waals surface area contributed by atoms with E-state index in [0.717, 1.165) is 43.3 Å². The molecule has 0 amide bonds. The SMILES string of the molecule is CCNC(=NCc1ccnc(N(C)C)c1)NCC(CCO)CC(C)C. The van der Waals surface area contributed by atoms with Gasteiger partial charge in [0, 0.05) is 40.0 Å². The van der Waals surface area contributed by atoms with Gasteiger partial charge in [0.25, 0.3) is 0 Å². The maximum Gasteiger partial charge on any atom is 0.191 e. The molecule has 0 radical (unpaired) electrons. The second kappa shape index (κ2) is 11.7. The zero-order chi connectivity index (χ0) is 18.7. The highest BCUT2D eigenvalue weighted by Crippen LogP contribution is 2.14. The topological polar surface area (TPSA) is 72.8 Å². The number of anilines is 1. The molecule has 0 fully saturated rings.